The lowest BCUT2D eigenvalue weighted by molar-refractivity contribution is -0.149. The monoisotopic (exact) mass is 925 g/mol. The van der Waals surface area contributed by atoms with E-state index < -0.39 is 54.1 Å². The van der Waals surface area contributed by atoms with Gasteiger partial charge in [-0.2, -0.15) is 0 Å². The molecule has 2 saturated heterocycles. The van der Waals surface area contributed by atoms with Gasteiger partial charge in [-0.05, 0) is 55.4 Å². The van der Waals surface area contributed by atoms with E-state index >= 15 is 0 Å². The van der Waals surface area contributed by atoms with Crippen molar-refractivity contribution >= 4 is 47.1 Å². The second-order valence-corrected chi connectivity index (χ2v) is 19.9. The molecule has 370 valence electrons. The number of likely N-dealkylation sites (N-methyl/N-ethyl adjacent to an activating group) is 2. The van der Waals surface area contributed by atoms with Gasteiger partial charge in [-0.3, -0.25) is 43.3 Å². The predicted molar refractivity (Wildman–Crippen MR) is 251 cm³/mol. The summed E-state index contributed by atoms with van der Waals surface area (Å²) in [4.78, 5) is 113. The van der Waals surface area contributed by atoms with Gasteiger partial charge in [0.25, 0.3) is 0 Å². The Kier molecular flexibility index (Phi) is 22.1. The van der Waals surface area contributed by atoms with Gasteiger partial charge in [0.1, 0.15) is 5.78 Å². The third-order valence-corrected chi connectivity index (χ3v) is 14.0. The van der Waals surface area contributed by atoms with Crippen LogP contribution in [0, 0.1) is 41.4 Å². The highest BCUT2D eigenvalue weighted by atomic mass is 16.5. The highest BCUT2D eigenvalue weighted by molar-refractivity contribution is 6.03. The fourth-order valence-corrected chi connectivity index (χ4v) is 10.2. The van der Waals surface area contributed by atoms with Gasteiger partial charge in [-0.1, -0.05) is 92.1 Å². The quantitative estimate of drug-likeness (QED) is 0.0757. The molecule has 0 spiro atoms. The maximum Gasteiger partial charge on any atom is 0.307 e. The third-order valence-electron chi connectivity index (χ3n) is 14.0. The fourth-order valence-electron chi connectivity index (χ4n) is 10.2. The van der Waals surface area contributed by atoms with Crippen LogP contribution in [0.4, 0.5) is 0 Å². The summed E-state index contributed by atoms with van der Waals surface area (Å²) in [5.74, 6) is -5.65. The van der Waals surface area contributed by atoms with Crippen molar-refractivity contribution in [3.8, 4) is 0 Å². The number of hydrogen-bond acceptors (Lipinski definition) is 10. The molecule has 2 aliphatic rings. The van der Waals surface area contributed by atoms with Crippen LogP contribution in [0.1, 0.15) is 125 Å². The molecule has 15 nitrogen and oxygen atoms in total. The minimum atomic E-state index is -1.05. The van der Waals surface area contributed by atoms with Crippen molar-refractivity contribution in [1.29, 1.82) is 0 Å². The molecule has 0 aliphatic carbocycles. The summed E-state index contributed by atoms with van der Waals surface area (Å²) >= 11 is 0. The summed E-state index contributed by atoms with van der Waals surface area (Å²) in [6, 6.07) is 7.48. The molecule has 15 heteroatoms. The molecule has 1 aromatic carbocycles. The number of imide groups is 1. The first-order valence-electron chi connectivity index (χ1n) is 24.1. The molecule has 1 N–H and O–H groups in total. The number of nitrogens with zero attached hydrogens (tertiary/aromatic N) is 4. The third kappa shape index (κ3) is 14.7. The van der Waals surface area contributed by atoms with Gasteiger partial charge in [-0.15, -0.1) is 0 Å². The zero-order valence-electron chi connectivity index (χ0n) is 41.8. The molecule has 0 radical (unpaired) electrons. The van der Waals surface area contributed by atoms with E-state index in [4.69, 9.17) is 9.47 Å². The lowest BCUT2D eigenvalue weighted by Gasteiger charge is -2.40. The average Bonchev–Trinajstić information content (AvgIpc) is 3.84. The van der Waals surface area contributed by atoms with Crippen molar-refractivity contribution in [2.24, 2.45) is 41.4 Å². The number of benzene rings is 1. The molecular weight excluding hydrogens is 845 g/mol. The molecule has 9 atom stereocenters. The second kappa shape index (κ2) is 26.2. The van der Waals surface area contributed by atoms with Crippen molar-refractivity contribution in [2.75, 3.05) is 41.4 Å². The molecule has 3 rings (SSSR count). The summed E-state index contributed by atoms with van der Waals surface area (Å²) in [5, 5.41) is 9.99. The van der Waals surface area contributed by atoms with E-state index in [9.17, 15) is 43.5 Å². The number of aliphatic carboxylic acids is 1. The first-order chi connectivity index (χ1) is 31.1. The van der Waals surface area contributed by atoms with E-state index in [2.05, 4.69) is 0 Å². The Hall–Kier alpha value is -4.50. The number of amides is 5. The summed E-state index contributed by atoms with van der Waals surface area (Å²) in [7, 11) is 6.33. The van der Waals surface area contributed by atoms with Crippen molar-refractivity contribution in [3.63, 3.8) is 0 Å². The SMILES string of the molecule is CO[C@H]([C@@H](C)C(=O)C[C@@H](Cc1ccccc1)C(=O)O)[C@@H]1CCCN1C(=O)C[C@@H](OC)[C@H](C(C)C)N(C)C(=O)[C@@H](CC(=O)[C@H](C(C)C)N(C)C(=O)CCCCCN1C(=O)CC(C)C1=O)C(C)C. The Balaban J connectivity index is 1.68. The Morgan fingerprint density at radius 3 is 1.98 bits per heavy atom. The van der Waals surface area contributed by atoms with Crippen molar-refractivity contribution < 1.29 is 52.9 Å². The zero-order chi connectivity index (χ0) is 49.6. The standard InChI is InChI=1S/C51H80N4O11/c1-31(2)38(29-41(57)46(32(3)4)52(9)43(58)23-17-14-18-24-55-44(59)26-34(7)49(55)61)50(62)53(10)47(33(5)6)42(65-11)30-45(60)54-25-19-22-39(54)48(66-12)35(8)40(56)28-37(51(63)64)27-36-20-15-13-16-21-36/h13,15-16,20-21,31-35,37-39,42,46-48H,14,17-19,22-30H2,1-12H3,(H,63,64)/t34?,35-,37+,38-,39-,42+,46-,47-,48+/m0/s1. The number of carboxylic acid groups (broad SMARTS) is 1. The normalized spacial score (nSPS) is 19.7. The molecule has 1 aromatic rings. The molecule has 66 heavy (non-hydrogen) atoms. The zero-order valence-corrected chi connectivity index (χ0v) is 41.8. The second-order valence-electron chi connectivity index (χ2n) is 19.9. The Labute approximate surface area is 393 Å². The summed E-state index contributed by atoms with van der Waals surface area (Å²) in [5.41, 5.74) is 0.829. The van der Waals surface area contributed by atoms with Crippen LogP contribution in [0.15, 0.2) is 30.3 Å². The molecule has 0 saturated carbocycles. The van der Waals surface area contributed by atoms with E-state index in [-0.39, 0.29) is 103 Å². The lowest BCUT2D eigenvalue weighted by Crippen LogP contribution is -2.54. The number of carbonyl (C=O) groups excluding carboxylic acids is 7. The Morgan fingerprint density at radius 2 is 1.45 bits per heavy atom. The minimum absolute atomic E-state index is 0.0499. The van der Waals surface area contributed by atoms with Crippen LogP contribution in [0.2, 0.25) is 0 Å². The highest BCUT2D eigenvalue weighted by Crippen LogP contribution is 2.32. The lowest BCUT2D eigenvalue weighted by atomic mass is 9.84. The van der Waals surface area contributed by atoms with Gasteiger partial charge in [0.05, 0.1) is 42.7 Å². The summed E-state index contributed by atoms with van der Waals surface area (Å²) < 4.78 is 11.9. The van der Waals surface area contributed by atoms with Gasteiger partial charge < -0.3 is 29.3 Å². The molecule has 2 heterocycles. The number of likely N-dealkylation sites (tertiary alicyclic amines) is 2. The number of carbonyl (C=O) groups is 8. The van der Waals surface area contributed by atoms with E-state index in [1.807, 2.05) is 71.9 Å². The van der Waals surface area contributed by atoms with Gasteiger partial charge in [0.2, 0.25) is 29.5 Å². The number of ether oxygens (including phenoxy) is 2. The molecule has 2 fully saturated rings. The van der Waals surface area contributed by atoms with E-state index in [0.717, 1.165) is 5.56 Å². The number of unbranched alkanes of at least 4 members (excludes halogenated alkanes) is 2. The summed E-state index contributed by atoms with van der Waals surface area (Å²) in [6.07, 6.45) is 2.07. The first-order valence-corrected chi connectivity index (χ1v) is 24.1. The molecule has 2 aliphatic heterocycles. The number of ketones is 2. The van der Waals surface area contributed by atoms with Crippen LogP contribution in [0.5, 0.6) is 0 Å². The number of Topliss-reactive ketones (excluding diaryl/α,β-unsaturated/α-hetero) is 2. The number of hydrogen-bond donors (Lipinski definition) is 1. The summed E-state index contributed by atoms with van der Waals surface area (Å²) in [6.45, 7) is 15.7. The van der Waals surface area contributed by atoms with Crippen molar-refractivity contribution in [1.82, 2.24) is 19.6 Å². The molecule has 1 unspecified atom stereocenters. The first kappa shape index (κ1) is 55.8. The van der Waals surface area contributed by atoms with E-state index in [0.29, 0.717) is 45.2 Å². The fraction of sp³-hybridized carbons (Fsp3) is 0.725. The Bertz CT molecular complexity index is 1820. The maximum atomic E-state index is 14.5. The number of rotatable bonds is 28. The van der Waals surface area contributed by atoms with Crippen LogP contribution in [0.3, 0.4) is 0 Å². The Morgan fingerprint density at radius 1 is 0.803 bits per heavy atom. The molecule has 0 bridgehead atoms. The largest absolute Gasteiger partial charge is 0.481 e. The topological polar surface area (TPSA) is 188 Å². The predicted octanol–water partition coefficient (Wildman–Crippen LogP) is 6.09. The maximum absolute atomic E-state index is 14.5. The number of carboxylic acids is 1. The van der Waals surface area contributed by atoms with Gasteiger partial charge in [0, 0.05) is 84.8 Å². The van der Waals surface area contributed by atoms with Crippen LogP contribution in [0.25, 0.3) is 0 Å². The number of methoxy groups -OCH3 is 2. The van der Waals surface area contributed by atoms with Crippen LogP contribution in [-0.4, -0.2) is 144 Å². The van der Waals surface area contributed by atoms with Gasteiger partial charge >= 0.3 is 5.97 Å². The van der Waals surface area contributed by atoms with Gasteiger partial charge in [0.15, 0.2) is 5.78 Å². The van der Waals surface area contributed by atoms with Crippen LogP contribution < -0.4 is 0 Å². The van der Waals surface area contributed by atoms with Gasteiger partial charge in [-0.25, -0.2) is 0 Å². The average molecular weight is 925 g/mol. The van der Waals surface area contributed by atoms with Crippen molar-refractivity contribution in [2.45, 2.75) is 156 Å². The van der Waals surface area contributed by atoms with Crippen LogP contribution in [-0.2, 0) is 54.3 Å². The smallest absolute Gasteiger partial charge is 0.307 e. The van der Waals surface area contributed by atoms with E-state index in [1.165, 1.54) is 24.0 Å². The van der Waals surface area contributed by atoms with Crippen LogP contribution >= 0.6 is 0 Å². The highest BCUT2D eigenvalue weighted by Gasteiger charge is 2.44. The molecule has 5 amide bonds. The molecule has 0 aromatic heterocycles. The van der Waals surface area contributed by atoms with Crippen molar-refractivity contribution in [3.05, 3.63) is 35.9 Å². The minimum Gasteiger partial charge on any atom is -0.481 e. The molecular formula is C51H80N4O11. The van der Waals surface area contributed by atoms with E-state index in [1.54, 1.807) is 37.7 Å².